The molecule has 2 aliphatic heterocycles. The summed E-state index contributed by atoms with van der Waals surface area (Å²) in [7, 11) is 1.67. The first-order valence-electron chi connectivity index (χ1n) is 10.1. The third kappa shape index (κ3) is 4.47. The molecule has 1 N–H and O–H groups in total. The number of methoxy groups -OCH3 is 1. The van der Waals surface area contributed by atoms with Crippen LogP contribution in [0.4, 0.5) is 4.39 Å². The number of nitrogens with zero attached hydrogens (tertiary/aromatic N) is 1. The third-order valence-corrected chi connectivity index (χ3v) is 6.12. The van der Waals surface area contributed by atoms with Crippen molar-refractivity contribution in [2.75, 3.05) is 33.3 Å². The van der Waals surface area contributed by atoms with Crippen LogP contribution < -0.4 is 14.8 Å². The van der Waals surface area contributed by atoms with Gasteiger partial charge in [-0.25, -0.2) is 4.39 Å². The molecule has 4 rings (SSSR count). The Hall–Kier alpha value is -2.11. The van der Waals surface area contributed by atoms with Crippen molar-refractivity contribution in [3.05, 3.63) is 59.4 Å². The summed E-state index contributed by atoms with van der Waals surface area (Å²) >= 11 is 0. The van der Waals surface area contributed by atoms with Crippen molar-refractivity contribution in [1.82, 2.24) is 10.2 Å². The Morgan fingerprint density at radius 3 is 2.50 bits per heavy atom. The van der Waals surface area contributed by atoms with E-state index in [4.69, 9.17) is 9.47 Å². The van der Waals surface area contributed by atoms with Gasteiger partial charge in [-0.1, -0.05) is 18.2 Å². The van der Waals surface area contributed by atoms with Gasteiger partial charge in [0.25, 0.3) is 0 Å². The molecular weight excluding hydrogens is 355 g/mol. The van der Waals surface area contributed by atoms with Crippen molar-refractivity contribution in [2.24, 2.45) is 5.41 Å². The van der Waals surface area contributed by atoms with E-state index in [2.05, 4.69) is 22.3 Å². The maximum Gasteiger partial charge on any atom is 0.161 e. The van der Waals surface area contributed by atoms with E-state index in [0.717, 1.165) is 30.9 Å². The highest BCUT2D eigenvalue weighted by Crippen LogP contribution is 2.39. The average Bonchev–Trinajstić information content (AvgIpc) is 3.10. The molecule has 150 valence electrons. The number of halogens is 1. The molecule has 0 bridgehead atoms. The van der Waals surface area contributed by atoms with E-state index in [1.165, 1.54) is 50.0 Å². The molecule has 2 aliphatic rings. The molecule has 0 aromatic heterocycles. The number of rotatable bonds is 6. The first kappa shape index (κ1) is 19.2. The van der Waals surface area contributed by atoms with Crippen LogP contribution in [0.15, 0.2) is 42.5 Å². The van der Waals surface area contributed by atoms with E-state index in [1.807, 2.05) is 6.07 Å². The zero-order chi connectivity index (χ0) is 19.4. The predicted octanol–water partition coefficient (Wildman–Crippen LogP) is 3.99. The van der Waals surface area contributed by atoms with E-state index in [0.29, 0.717) is 17.8 Å². The fourth-order valence-corrected chi connectivity index (χ4v) is 4.46. The molecule has 4 nitrogen and oxygen atoms in total. The van der Waals surface area contributed by atoms with Gasteiger partial charge in [0.2, 0.25) is 0 Å². The van der Waals surface area contributed by atoms with Crippen molar-refractivity contribution < 1.29 is 13.9 Å². The van der Waals surface area contributed by atoms with Gasteiger partial charge in [0, 0.05) is 13.1 Å². The number of benzene rings is 2. The lowest BCUT2D eigenvalue weighted by molar-refractivity contribution is 0.194. The summed E-state index contributed by atoms with van der Waals surface area (Å²) in [6.07, 6.45) is 3.90. The van der Waals surface area contributed by atoms with Crippen LogP contribution in [-0.4, -0.2) is 38.2 Å². The van der Waals surface area contributed by atoms with Gasteiger partial charge in [-0.15, -0.1) is 0 Å². The minimum Gasteiger partial charge on any atom is -0.493 e. The largest absolute Gasteiger partial charge is 0.493 e. The molecule has 0 unspecified atom stereocenters. The minimum atomic E-state index is -0.237. The highest BCUT2D eigenvalue weighted by molar-refractivity contribution is 5.43. The summed E-state index contributed by atoms with van der Waals surface area (Å²) in [6.45, 7) is 6.01. The lowest BCUT2D eigenvalue weighted by atomic mass is 9.78. The van der Waals surface area contributed by atoms with Gasteiger partial charge in [0.05, 0.1) is 7.11 Å². The van der Waals surface area contributed by atoms with Gasteiger partial charge in [-0.3, -0.25) is 4.90 Å². The van der Waals surface area contributed by atoms with Crippen molar-refractivity contribution in [2.45, 2.75) is 32.4 Å². The maximum atomic E-state index is 13.0. The molecule has 2 heterocycles. The molecule has 0 aliphatic carbocycles. The standard InChI is InChI=1S/C23H29FN2O2/c1-27-22-14-19(15-26-13-10-23(17-26)8-11-25-12-9-23)4-7-21(22)28-16-18-2-5-20(24)6-3-18/h2-7,14,25H,8-13,15-17H2,1H3. The fraction of sp³-hybridized carbons (Fsp3) is 0.478. The van der Waals surface area contributed by atoms with Crippen LogP contribution in [0.2, 0.25) is 0 Å². The van der Waals surface area contributed by atoms with Crippen molar-refractivity contribution in [3.63, 3.8) is 0 Å². The van der Waals surface area contributed by atoms with E-state index in [1.54, 1.807) is 19.2 Å². The van der Waals surface area contributed by atoms with Gasteiger partial charge in [-0.05, 0) is 79.7 Å². The van der Waals surface area contributed by atoms with Crippen LogP contribution in [0.1, 0.15) is 30.4 Å². The number of nitrogens with one attached hydrogen (secondary N) is 1. The number of hydrogen-bond donors (Lipinski definition) is 1. The van der Waals surface area contributed by atoms with Crippen LogP contribution in [0.5, 0.6) is 11.5 Å². The second-order valence-corrected chi connectivity index (χ2v) is 8.11. The molecule has 0 radical (unpaired) electrons. The molecule has 0 saturated carbocycles. The van der Waals surface area contributed by atoms with Crippen LogP contribution in [0, 0.1) is 11.2 Å². The van der Waals surface area contributed by atoms with E-state index in [-0.39, 0.29) is 5.82 Å². The predicted molar refractivity (Wildman–Crippen MR) is 108 cm³/mol. The SMILES string of the molecule is COc1cc(CN2CCC3(CCNCC3)C2)ccc1OCc1ccc(F)cc1. The molecule has 2 aromatic carbocycles. The Kier molecular flexibility index (Phi) is 5.83. The second kappa shape index (κ2) is 8.50. The first-order valence-corrected chi connectivity index (χ1v) is 10.1. The maximum absolute atomic E-state index is 13.0. The highest BCUT2D eigenvalue weighted by Gasteiger charge is 2.38. The van der Waals surface area contributed by atoms with Gasteiger partial charge in [0.15, 0.2) is 11.5 Å². The van der Waals surface area contributed by atoms with E-state index < -0.39 is 0 Å². The van der Waals surface area contributed by atoms with Gasteiger partial charge < -0.3 is 14.8 Å². The Labute approximate surface area is 166 Å². The number of piperidine rings is 1. The number of hydrogen-bond acceptors (Lipinski definition) is 4. The van der Waals surface area contributed by atoms with Crippen LogP contribution in [-0.2, 0) is 13.2 Å². The summed E-state index contributed by atoms with van der Waals surface area (Å²) in [4.78, 5) is 2.57. The van der Waals surface area contributed by atoms with Crippen LogP contribution >= 0.6 is 0 Å². The molecule has 2 saturated heterocycles. The molecule has 0 amide bonds. The van der Waals surface area contributed by atoms with Gasteiger partial charge in [0.1, 0.15) is 12.4 Å². The van der Waals surface area contributed by atoms with Gasteiger partial charge >= 0.3 is 0 Å². The van der Waals surface area contributed by atoms with Crippen molar-refractivity contribution in [1.29, 1.82) is 0 Å². The Balaban J connectivity index is 1.37. The van der Waals surface area contributed by atoms with Crippen LogP contribution in [0.25, 0.3) is 0 Å². The van der Waals surface area contributed by atoms with Crippen LogP contribution in [0.3, 0.4) is 0 Å². The molecule has 0 atom stereocenters. The van der Waals surface area contributed by atoms with Crippen molar-refractivity contribution in [3.8, 4) is 11.5 Å². The quantitative estimate of drug-likeness (QED) is 0.817. The Morgan fingerprint density at radius 2 is 1.75 bits per heavy atom. The highest BCUT2D eigenvalue weighted by atomic mass is 19.1. The molecule has 28 heavy (non-hydrogen) atoms. The van der Waals surface area contributed by atoms with E-state index in [9.17, 15) is 4.39 Å². The summed E-state index contributed by atoms with van der Waals surface area (Å²) in [5.41, 5.74) is 2.70. The zero-order valence-corrected chi connectivity index (χ0v) is 16.5. The third-order valence-electron chi connectivity index (χ3n) is 6.12. The lowest BCUT2D eigenvalue weighted by Gasteiger charge is -2.34. The monoisotopic (exact) mass is 384 g/mol. The minimum absolute atomic E-state index is 0.237. The smallest absolute Gasteiger partial charge is 0.161 e. The summed E-state index contributed by atoms with van der Waals surface area (Å²) < 4.78 is 24.5. The lowest BCUT2D eigenvalue weighted by Crippen LogP contribution is -2.38. The molecular formula is C23H29FN2O2. The summed E-state index contributed by atoms with van der Waals surface area (Å²) in [6, 6.07) is 12.5. The first-order chi connectivity index (χ1) is 13.7. The zero-order valence-electron chi connectivity index (χ0n) is 16.5. The molecule has 2 fully saturated rings. The normalized spacial score (nSPS) is 19.1. The Bertz CT molecular complexity index is 788. The Morgan fingerprint density at radius 1 is 1.00 bits per heavy atom. The summed E-state index contributed by atoms with van der Waals surface area (Å²) in [5.74, 6) is 1.22. The molecule has 1 spiro atoms. The van der Waals surface area contributed by atoms with E-state index >= 15 is 0 Å². The van der Waals surface area contributed by atoms with Crippen molar-refractivity contribution >= 4 is 0 Å². The number of likely N-dealkylation sites (tertiary alicyclic amines) is 1. The number of ether oxygens (including phenoxy) is 2. The molecule has 2 aromatic rings. The topological polar surface area (TPSA) is 33.7 Å². The van der Waals surface area contributed by atoms with Gasteiger partial charge in [-0.2, -0.15) is 0 Å². The fourth-order valence-electron chi connectivity index (χ4n) is 4.46. The average molecular weight is 384 g/mol. The molecule has 5 heteroatoms. The summed E-state index contributed by atoms with van der Waals surface area (Å²) in [5, 5.41) is 3.48. The second-order valence-electron chi connectivity index (χ2n) is 8.11.